The minimum Gasteiger partial charge on any atom is -0.369 e. The van der Waals surface area contributed by atoms with Crippen molar-refractivity contribution in [2.75, 3.05) is 5.75 Å². The molecule has 22 heavy (non-hydrogen) atoms. The maximum absolute atomic E-state index is 10.7. The average Bonchev–Trinajstić information content (AvgIpc) is 3.08. The number of rotatable bonds is 6. The summed E-state index contributed by atoms with van der Waals surface area (Å²) < 4.78 is 3.64. The number of thioether (sulfide) groups is 2. The van der Waals surface area contributed by atoms with E-state index in [1.807, 2.05) is 22.7 Å². The fraction of sp³-hybridized carbons (Fsp3) is 0.231. The van der Waals surface area contributed by atoms with E-state index >= 15 is 0 Å². The van der Waals surface area contributed by atoms with E-state index in [-0.39, 0.29) is 11.7 Å². The zero-order valence-corrected chi connectivity index (χ0v) is 14.2. The number of nitrogens with zero attached hydrogens (tertiary/aromatic N) is 4. The number of carbonyl (C=O) groups is 1. The third-order valence-electron chi connectivity index (χ3n) is 2.72. The van der Waals surface area contributed by atoms with Crippen LogP contribution in [0.15, 0.2) is 33.2 Å². The molecule has 0 fully saturated rings. The molecule has 3 aromatic rings. The van der Waals surface area contributed by atoms with Crippen LogP contribution in [0.3, 0.4) is 0 Å². The number of imidazole rings is 1. The van der Waals surface area contributed by atoms with E-state index in [1.165, 1.54) is 28.7 Å². The summed E-state index contributed by atoms with van der Waals surface area (Å²) in [5.41, 5.74) is 8.25. The molecule has 0 radical (unpaired) electrons. The van der Waals surface area contributed by atoms with Crippen molar-refractivity contribution in [3.05, 3.63) is 35.8 Å². The van der Waals surface area contributed by atoms with E-state index < -0.39 is 0 Å². The first kappa shape index (κ1) is 15.3. The van der Waals surface area contributed by atoms with E-state index in [2.05, 4.69) is 28.3 Å². The maximum atomic E-state index is 10.7. The Morgan fingerprint density at radius 2 is 2.05 bits per heavy atom. The molecule has 0 aliphatic carbocycles. The van der Waals surface area contributed by atoms with Crippen molar-refractivity contribution >= 4 is 46.4 Å². The van der Waals surface area contributed by atoms with Crippen LogP contribution >= 0.6 is 34.9 Å². The van der Waals surface area contributed by atoms with E-state index in [0.29, 0.717) is 0 Å². The number of aryl methyl sites for hydroxylation is 1. The molecule has 114 valence electrons. The van der Waals surface area contributed by atoms with E-state index in [1.54, 1.807) is 11.8 Å². The van der Waals surface area contributed by atoms with Gasteiger partial charge in [0.1, 0.15) is 5.65 Å². The molecule has 6 nitrogen and oxygen atoms in total. The van der Waals surface area contributed by atoms with Crippen molar-refractivity contribution in [2.45, 2.75) is 21.4 Å². The van der Waals surface area contributed by atoms with Crippen LogP contribution in [0.4, 0.5) is 0 Å². The van der Waals surface area contributed by atoms with E-state index in [4.69, 9.17) is 5.73 Å². The summed E-state index contributed by atoms with van der Waals surface area (Å²) in [4.78, 5) is 15.3. The van der Waals surface area contributed by atoms with Crippen LogP contribution in [0.5, 0.6) is 0 Å². The van der Waals surface area contributed by atoms with E-state index in [9.17, 15) is 4.79 Å². The predicted octanol–water partition coefficient (Wildman–Crippen LogP) is 2.36. The minimum absolute atomic E-state index is 0.227. The molecule has 0 unspecified atom stereocenters. The number of fused-ring (bicyclic) bond motifs is 1. The summed E-state index contributed by atoms with van der Waals surface area (Å²) in [6.07, 6.45) is 4.08. The topological polar surface area (TPSA) is 86.2 Å². The van der Waals surface area contributed by atoms with Crippen LogP contribution in [0.2, 0.25) is 0 Å². The fourth-order valence-electron chi connectivity index (χ4n) is 1.81. The minimum atomic E-state index is -0.352. The zero-order valence-electron chi connectivity index (χ0n) is 11.7. The summed E-state index contributed by atoms with van der Waals surface area (Å²) in [6.45, 7) is 2.06. The van der Waals surface area contributed by atoms with Crippen molar-refractivity contribution in [1.29, 1.82) is 0 Å². The lowest BCUT2D eigenvalue weighted by atomic mass is 10.3. The molecule has 0 aromatic carbocycles. The molecule has 9 heteroatoms. The average molecular weight is 351 g/mol. The standard InChI is InChI=1S/C13H13N5OS3/c1-8-2-3-11-15-9(5-18(11)4-8)6-20-12-16-17-13(22-12)21-7-10(14)19/h2-5H,6-7H2,1H3,(H2,14,19). The SMILES string of the molecule is Cc1ccc2nc(CSc3nnc(SCC(N)=O)s3)cn2c1. The molecule has 0 aliphatic heterocycles. The Bertz CT molecular complexity index is 813. The Balaban J connectivity index is 1.62. The molecule has 1 amide bonds. The van der Waals surface area contributed by atoms with Gasteiger partial charge in [-0.15, -0.1) is 10.2 Å². The Morgan fingerprint density at radius 3 is 2.82 bits per heavy atom. The van der Waals surface area contributed by atoms with Crippen LogP contribution < -0.4 is 5.73 Å². The molecule has 0 saturated heterocycles. The van der Waals surface area contributed by atoms with Gasteiger partial charge in [0.2, 0.25) is 5.91 Å². The Morgan fingerprint density at radius 1 is 1.27 bits per heavy atom. The summed E-state index contributed by atoms with van der Waals surface area (Å²) in [5.74, 6) is 0.607. The lowest BCUT2D eigenvalue weighted by Crippen LogP contribution is -2.12. The van der Waals surface area contributed by atoms with Gasteiger partial charge in [0, 0.05) is 18.1 Å². The summed E-state index contributed by atoms with van der Waals surface area (Å²) in [6, 6.07) is 4.05. The molecule has 0 aliphatic rings. The smallest absolute Gasteiger partial charge is 0.227 e. The quantitative estimate of drug-likeness (QED) is 0.686. The molecule has 0 spiro atoms. The van der Waals surface area contributed by atoms with Crippen molar-refractivity contribution in [3.8, 4) is 0 Å². The molecule has 2 N–H and O–H groups in total. The number of hydrogen-bond acceptors (Lipinski definition) is 7. The van der Waals surface area contributed by atoms with Gasteiger partial charge in [0.15, 0.2) is 8.68 Å². The number of aromatic nitrogens is 4. The number of primary amides is 1. The molecule has 3 rings (SSSR count). The number of hydrogen-bond donors (Lipinski definition) is 1. The highest BCUT2D eigenvalue weighted by atomic mass is 32.2. The van der Waals surface area contributed by atoms with Crippen molar-refractivity contribution in [2.24, 2.45) is 5.73 Å². The van der Waals surface area contributed by atoms with Gasteiger partial charge in [0.25, 0.3) is 0 Å². The number of carbonyl (C=O) groups excluding carboxylic acids is 1. The number of amides is 1. The number of pyridine rings is 1. The van der Waals surface area contributed by atoms with Crippen LogP contribution in [-0.2, 0) is 10.5 Å². The Hall–Kier alpha value is -1.58. The van der Waals surface area contributed by atoms with Gasteiger partial charge in [-0.1, -0.05) is 40.9 Å². The third kappa shape index (κ3) is 3.79. The third-order valence-corrected chi connectivity index (χ3v) is 5.96. The molecule has 3 heterocycles. The summed E-state index contributed by atoms with van der Waals surface area (Å²) in [7, 11) is 0. The second-order valence-corrected chi connectivity index (χ2v) is 8.00. The highest BCUT2D eigenvalue weighted by molar-refractivity contribution is 8.03. The van der Waals surface area contributed by atoms with Gasteiger partial charge in [-0.05, 0) is 18.6 Å². The molecule has 3 aromatic heterocycles. The van der Waals surface area contributed by atoms with Crippen LogP contribution in [0.1, 0.15) is 11.3 Å². The highest BCUT2D eigenvalue weighted by Crippen LogP contribution is 2.30. The second-order valence-electron chi connectivity index (χ2n) is 4.58. The van der Waals surface area contributed by atoms with E-state index in [0.717, 1.165) is 25.8 Å². The Kier molecular flexibility index (Phi) is 4.65. The highest BCUT2D eigenvalue weighted by Gasteiger charge is 2.09. The first-order valence-corrected chi connectivity index (χ1v) is 9.20. The predicted molar refractivity (Wildman–Crippen MR) is 89.3 cm³/mol. The first-order chi connectivity index (χ1) is 10.6. The molecule has 0 bridgehead atoms. The van der Waals surface area contributed by atoms with Gasteiger partial charge >= 0.3 is 0 Å². The lowest BCUT2D eigenvalue weighted by molar-refractivity contribution is -0.115. The van der Waals surface area contributed by atoms with Crippen LogP contribution in [-0.4, -0.2) is 31.2 Å². The number of nitrogens with two attached hydrogens (primary N) is 1. The summed E-state index contributed by atoms with van der Waals surface area (Å²) in [5, 5.41) is 8.13. The molecular weight excluding hydrogens is 338 g/mol. The molecular formula is C13H13N5OS3. The molecule has 0 saturated carbocycles. The van der Waals surface area contributed by atoms with Gasteiger partial charge in [-0.3, -0.25) is 4.79 Å². The normalized spacial score (nSPS) is 11.1. The van der Waals surface area contributed by atoms with Gasteiger partial charge in [-0.2, -0.15) is 0 Å². The van der Waals surface area contributed by atoms with Crippen LogP contribution in [0.25, 0.3) is 5.65 Å². The largest absolute Gasteiger partial charge is 0.369 e. The Labute approximate surface area is 139 Å². The first-order valence-electron chi connectivity index (χ1n) is 6.42. The van der Waals surface area contributed by atoms with Crippen molar-refractivity contribution < 1.29 is 4.79 Å². The fourth-order valence-corrected chi connectivity index (χ4v) is 4.45. The maximum Gasteiger partial charge on any atom is 0.227 e. The lowest BCUT2D eigenvalue weighted by Gasteiger charge is -1.93. The second kappa shape index (κ2) is 6.67. The van der Waals surface area contributed by atoms with Crippen molar-refractivity contribution in [3.63, 3.8) is 0 Å². The van der Waals surface area contributed by atoms with Crippen molar-refractivity contribution in [1.82, 2.24) is 19.6 Å². The monoisotopic (exact) mass is 351 g/mol. The van der Waals surface area contributed by atoms with Gasteiger partial charge in [-0.25, -0.2) is 4.98 Å². The van der Waals surface area contributed by atoms with Crippen LogP contribution in [0, 0.1) is 6.92 Å². The van der Waals surface area contributed by atoms with Gasteiger partial charge in [0.05, 0.1) is 11.4 Å². The molecule has 0 atom stereocenters. The summed E-state index contributed by atoms with van der Waals surface area (Å²) >= 11 is 4.37. The van der Waals surface area contributed by atoms with Gasteiger partial charge < -0.3 is 10.1 Å². The zero-order chi connectivity index (χ0) is 15.5.